The second-order valence-electron chi connectivity index (χ2n) is 3.46. The molecule has 0 heterocycles. The standard InChI is InChI=1S/C8H18N2O4S/c1-7(11)3-4-8(12)10-5-2-6-15(9,13)14/h7,11H,2-6H2,1H3,(H,10,12)(H2,9,13,14). The number of amides is 1. The van der Waals surface area contributed by atoms with Crippen molar-refractivity contribution in [3.63, 3.8) is 0 Å². The number of hydrogen-bond acceptors (Lipinski definition) is 4. The fraction of sp³-hybridized carbons (Fsp3) is 0.875. The minimum Gasteiger partial charge on any atom is -0.393 e. The molecule has 0 spiro atoms. The maximum Gasteiger partial charge on any atom is 0.220 e. The summed E-state index contributed by atoms with van der Waals surface area (Å²) >= 11 is 0. The second-order valence-corrected chi connectivity index (χ2v) is 5.19. The Balaban J connectivity index is 3.48. The number of carbonyl (C=O) groups is 1. The van der Waals surface area contributed by atoms with E-state index in [1.165, 1.54) is 0 Å². The predicted molar refractivity (Wildman–Crippen MR) is 56.5 cm³/mol. The van der Waals surface area contributed by atoms with Crippen LogP contribution >= 0.6 is 0 Å². The smallest absolute Gasteiger partial charge is 0.220 e. The largest absolute Gasteiger partial charge is 0.393 e. The highest BCUT2D eigenvalue weighted by molar-refractivity contribution is 7.89. The molecule has 0 aromatic heterocycles. The van der Waals surface area contributed by atoms with Crippen LogP contribution in [0.25, 0.3) is 0 Å². The first-order valence-electron chi connectivity index (χ1n) is 4.76. The van der Waals surface area contributed by atoms with E-state index in [1.54, 1.807) is 6.92 Å². The molecule has 0 radical (unpaired) electrons. The van der Waals surface area contributed by atoms with Gasteiger partial charge in [0.25, 0.3) is 0 Å². The maximum atomic E-state index is 11.1. The van der Waals surface area contributed by atoms with Gasteiger partial charge in [-0.1, -0.05) is 0 Å². The Bertz CT molecular complexity index is 287. The lowest BCUT2D eigenvalue weighted by molar-refractivity contribution is -0.121. The van der Waals surface area contributed by atoms with Crippen LogP contribution in [0.3, 0.4) is 0 Å². The molecule has 0 aliphatic rings. The van der Waals surface area contributed by atoms with Crippen LogP contribution in [-0.4, -0.2) is 37.8 Å². The number of carbonyl (C=O) groups excluding carboxylic acids is 1. The lowest BCUT2D eigenvalue weighted by atomic mass is 10.2. The van der Waals surface area contributed by atoms with Gasteiger partial charge in [-0.15, -0.1) is 0 Å². The van der Waals surface area contributed by atoms with E-state index in [-0.39, 0.29) is 24.6 Å². The zero-order chi connectivity index (χ0) is 11.9. The Morgan fingerprint density at radius 3 is 2.60 bits per heavy atom. The third-order valence-electron chi connectivity index (χ3n) is 1.72. The van der Waals surface area contributed by atoms with Gasteiger partial charge in [-0.25, -0.2) is 13.6 Å². The van der Waals surface area contributed by atoms with Gasteiger partial charge in [0, 0.05) is 13.0 Å². The van der Waals surface area contributed by atoms with Gasteiger partial charge in [0.15, 0.2) is 0 Å². The van der Waals surface area contributed by atoms with Crippen molar-refractivity contribution >= 4 is 15.9 Å². The molecule has 0 bridgehead atoms. The summed E-state index contributed by atoms with van der Waals surface area (Å²) in [4.78, 5) is 11.1. The molecular formula is C8H18N2O4S. The van der Waals surface area contributed by atoms with Crippen LogP contribution in [0.5, 0.6) is 0 Å². The van der Waals surface area contributed by atoms with E-state index < -0.39 is 16.1 Å². The van der Waals surface area contributed by atoms with Crippen LogP contribution in [0.1, 0.15) is 26.2 Å². The Hall–Kier alpha value is -0.660. The van der Waals surface area contributed by atoms with E-state index in [4.69, 9.17) is 10.2 Å². The van der Waals surface area contributed by atoms with Gasteiger partial charge in [-0.05, 0) is 19.8 Å². The predicted octanol–water partition coefficient (Wildman–Crippen LogP) is -1.06. The summed E-state index contributed by atoms with van der Waals surface area (Å²) in [7, 11) is -3.44. The van der Waals surface area contributed by atoms with Gasteiger partial charge in [-0.3, -0.25) is 4.79 Å². The molecule has 0 saturated heterocycles. The molecule has 4 N–H and O–H groups in total. The van der Waals surface area contributed by atoms with Gasteiger partial charge >= 0.3 is 0 Å². The fourth-order valence-corrected chi connectivity index (χ4v) is 1.48. The van der Waals surface area contributed by atoms with Crippen molar-refractivity contribution in [3.8, 4) is 0 Å². The van der Waals surface area contributed by atoms with Gasteiger partial charge in [0.1, 0.15) is 0 Å². The highest BCUT2D eigenvalue weighted by Gasteiger charge is 2.05. The second kappa shape index (κ2) is 6.76. The topological polar surface area (TPSA) is 109 Å². The Labute approximate surface area is 89.9 Å². The van der Waals surface area contributed by atoms with Gasteiger partial charge < -0.3 is 10.4 Å². The summed E-state index contributed by atoms with van der Waals surface area (Å²) in [5, 5.41) is 16.2. The average molecular weight is 238 g/mol. The van der Waals surface area contributed by atoms with E-state index in [2.05, 4.69) is 5.32 Å². The Morgan fingerprint density at radius 1 is 1.53 bits per heavy atom. The van der Waals surface area contributed by atoms with Crippen molar-refractivity contribution in [2.75, 3.05) is 12.3 Å². The number of aliphatic hydroxyl groups is 1. The number of hydrogen-bond donors (Lipinski definition) is 3. The number of primary sulfonamides is 1. The molecule has 0 aromatic carbocycles. The molecule has 6 nitrogen and oxygen atoms in total. The van der Waals surface area contributed by atoms with E-state index in [9.17, 15) is 13.2 Å². The molecule has 1 atom stereocenters. The minimum absolute atomic E-state index is 0.135. The number of aliphatic hydroxyl groups excluding tert-OH is 1. The molecule has 90 valence electrons. The maximum absolute atomic E-state index is 11.1. The Kier molecular flexibility index (Phi) is 6.46. The summed E-state index contributed by atoms with van der Waals surface area (Å²) in [6.07, 6.45) is 0.452. The van der Waals surface area contributed by atoms with E-state index in [0.717, 1.165) is 0 Å². The molecule has 0 aliphatic carbocycles. The van der Waals surface area contributed by atoms with E-state index in [0.29, 0.717) is 12.8 Å². The van der Waals surface area contributed by atoms with Crippen LogP contribution < -0.4 is 10.5 Å². The molecule has 0 aromatic rings. The summed E-state index contributed by atoms with van der Waals surface area (Å²) in [6.45, 7) is 1.89. The Morgan fingerprint density at radius 2 is 2.13 bits per heavy atom. The van der Waals surface area contributed by atoms with Crippen LogP contribution in [0.15, 0.2) is 0 Å². The van der Waals surface area contributed by atoms with Crippen molar-refractivity contribution in [1.29, 1.82) is 0 Å². The zero-order valence-corrected chi connectivity index (χ0v) is 9.59. The third kappa shape index (κ3) is 11.3. The van der Waals surface area contributed by atoms with Crippen LogP contribution in [0.2, 0.25) is 0 Å². The molecule has 0 aliphatic heterocycles. The summed E-state index contributed by atoms with van der Waals surface area (Å²) < 4.78 is 21.0. The monoisotopic (exact) mass is 238 g/mol. The first kappa shape index (κ1) is 14.3. The van der Waals surface area contributed by atoms with Crippen molar-refractivity contribution in [3.05, 3.63) is 0 Å². The molecule has 0 saturated carbocycles. The molecule has 7 heteroatoms. The molecular weight excluding hydrogens is 220 g/mol. The number of rotatable bonds is 7. The zero-order valence-electron chi connectivity index (χ0n) is 8.77. The fourth-order valence-electron chi connectivity index (χ4n) is 0.930. The number of nitrogens with two attached hydrogens (primary N) is 1. The molecule has 1 amide bonds. The van der Waals surface area contributed by atoms with Gasteiger partial charge in [0.2, 0.25) is 15.9 Å². The summed E-state index contributed by atoms with van der Waals surface area (Å²) in [5.41, 5.74) is 0. The number of nitrogens with one attached hydrogen (secondary N) is 1. The molecule has 1 unspecified atom stereocenters. The van der Waals surface area contributed by atoms with Crippen molar-refractivity contribution in [2.45, 2.75) is 32.3 Å². The van der Waals surface area contributed by atoms with Gasteiger partial charge in [-0.2, -0.15) is 0 Å². The van der Waals surface area contributed by atoms with Crippen molar-refractivity contribution in [2.24, 2.45) is 5.14 Å². The van der Waals surface area contributed by atoms with Crippen molar-refractivity contribution in [1.82, 2.24) is 5.32 Å². The van der Waals surface area contributed by atoms with Crippen molar-refractivity contribution < 1.29 is 18.3 Å². The van der Waals surface area contributed by atoms with Crippen LogP contribution in [0.4, 0.5) is 0 Å². The lowest BCUT2D eigenvalue weighted by Crippen LogP contribution is -2.27. The lowest BCUT2D eigenvalue weighted by Gasteiger charge is -2.05. The van der Waals surface area contributed by atoms with Crippen LogP contribution in [-0.2, 0) is 14.8 Å². The highest BCUT2D eigenvalue weighted by atomic mass is 32.2. The van der Waals surface area contributed by atoms with E-state index in [1.807, 2.05) is 0 Å². The molecule has 15 heavy (non-hydrogen) atoms. The quantitative estimate of drug-likeness (QED) is 0.491. The van der Waals surface area contributed by atoms with Gasteiger partial charge in [0.05, 0.1) is 11.9 Å². The summed E-state index contributed by atoms with van der Waals surface area (Å²) in [5.74, 6) is -0.325. The third-order valence-corrected chi connectivity index (χ3v) is 2.57. The average Bonchev–Trinajstić information content (AvgIpc) is 2.07. The minimum atomic E-state index is -3.44. The normalized spacial score (nSPS) is 13.5. The molecule has 0 fully saturated rings. The van der Waals surface area contributed by atoms with E-state index >= 15 is 0 Å². The highest BCUT2D eigenvalue weighted by Crippen LogP contribution is 1.95. The van der Waals surface area contributed by atoms with Crippen LogP contribution in [0, 0.1) is 0 Å². The first-order chi connectivity index (χ1) is 6.81. The summed E-state index contributed by atoms with van der Waals surface area (Å²) in [6, 6.07) is 0. The first-order valence-corrected chi connectivity index (χ1v) is 6.48. The number of sulfonamides is 1. The molecule has 0 rings (SSSR count). The SMILES string of the molecule is CC(O)CCC(=O)NCCCS(N)(=O)=O.